The van der Waals surface area contributed by atoms with Gasteiger partial charge in [-0.2, -0.15) is 0 Å². The highest BCUT2D eigenvalue weighted by Crippen LogP contribution is 2.20. The van der Waals surface area contributed by atoms with E-state index in [1.54, 1.807) is 0 Å². The van der Waals surface area contributed by atoms with Gasteiger partial charge in [0.15, 0.2) is 0 Å². The summed E-state index contributed by atoms with van der Waals surface area (Å²) in [5, 5.41) is 7.65. The molecule has 0 bridgehead atoms. The summed E-state index contributed by atoms with van der Waals surface area (Å²) in [4.78, 5) is 0. The normalized spacial score (nSPS) is 17.2. The SMILES string of the molecule is C/C(=C\CCCCCCCN)NC1C=CC(c2ccc(Cl)cc2)=CN1. The largest absolute Gasteiger partial charge is 0.368 e. The molecule has 136 valence electrons. The van der Waals surface area contributed by atoms with Crippen LogP contribution in [0, 0.1) is 0 Å². The molecule has 0 radical (unpaired) electrons. The van der Waals surface area contributed by atoms with Gasteiger partial charge < -0.3 is 16.4 Å². The molecule has 4 heteroatoms. The second-order valence-corrected chi connectivity index (χ2v) is 6.92. The van der Waals surface area contributed by atoms with E-state index in [4.69, 9.17) is 17.3 Å². The average molecular weight is 360 g/mol. The third-order valence-corrected chi connectivity index (χ3v) is 4.56. The number of dihydropyridines is 1. The fraction of sp³-hybridized carbons (Fsp3) is 0.429. The number of halogens is 1. The summed E-state index contributed by atoms with van der Waals surface area (Å²) < 4.78 is 0. The van der Waals surface area contributed by atoms with Crippen molar-refractivity contribution < 1.29 is 0 Å². The Morgan fingerprint density at radius 2 is 1.88 bits per heavy atom. The predicted octanol–water partition coefficient (Wildman–Crippen LogP) is 4.96. The van der Waals surface area contributed by atoms with Crippen LogP contribution in [0.2, 0.25) is 5.02 Å². The standard InChI is InChI=1S/C21H30ClN3/c1-17(8-6-4-2-3-5-7-15-23)25-21-14-11-19(16-24-21)18-9-12-20(22)13-10-18/h8-14,16,21,24-25H,2-7,15,23H2,1H3/b17-8+. The third-order valence-electron chi connectivity index (χ3n) is 4.31. The minimum absolute atomic E-state index is 0.136. The highest BCUT2D eigenvalue weighted by Gasteiger charge is 2.08. The van der Waals surface area contributed by atoms with Crippen LogP contribution < -0.4 is 16.4 Å². The molecular weight excluding hydrogens is 330 g/mol. The summed E-state index contributed by atoms with van der Waals surface area (Å²) >= 11 is 5.94. The number of unbranched alkanes of at least 4 members (excludes halogenated alkanes) is 5. The Morgan fingerprint density at radius 3 is 2.56 bits per heavy atom. The Labute approximate surface area is 157 Å². The van der Waals surface area contributed by atoms with Gasteiger partial charge >= 0.3 is 0 Å². The fourth-order valence-corrected chi connectivity index (χ4v) is 2.96. The lowest BCUT2D eigenvalue weighted by Gasteiger charge is -2.21. The van der Waals surface area contributed by atoms with E-state index in [9.17, 15) is 0 Å². The number of nitrogens with one attached hydrogen (secondary N) is 2. The van der Waals surface area contributed by atoms with Gasteiger partial charge in [-0.1, -0.05) is 55.1 Å². The number of rotatable bonds is 10. The molecule has 0 fully saturated rings. The molecule has 1 aliphatic rings. The van der Waals surface area contributed by atoms with E-state index in [-0.39, 0.29) is 6.17 Å². The molecule has 1 aliphatic heterocycles. The minimum Gasteiger partial charge on any atom is -0.368 e. The molecule has 0 spiro atoms. The molecule has 0 amide bonds. The van der Waals surface area contributed by atoms with Gasteiger partial charge in [0.05, 0.1) is 0 Å². The molecule has 1 heterocycles. The maximum absolute atomic E-state index is 5.94. The lowest BCUT2D eigenvalue weighted by atomic mass is 10.0. The van der Waals surface area contributed by atoms with Gasteiger partial charge in [0.2, 0.25) is 0 Å². The van der Waals surface area contributed by atoms with E-state index in [2.05, 4.69) is 35.8 Å². The number of hydrogen-bond acceptors (Lipinski definition) is 3. The predicted molar refractivity (Wildman–Crippen MR) is 109 cm³/mol. The molecule has 1 atom stereocenters. The van der Waals surface area contributed by atoms with Crippen molar-refractivity contribution in [3.8, 4) is 0 Å². The van der Waals surface area contributed by atoms with Crippen LogP contribution in [0.1, 0.15) is 51.0 Å². The number of allylic oxidation sites excluding steroid dienone is 4. The lowest BCUT2D eigenvalue weighted by Crippen LogP contribution is -2.38. The van der Waals surface area contributed by atoms with Crippen LogP contribution in [0.5, 0.6) is 0 Å². The van der Waals surface area contributed by atoms with Crippen LogP contribution in [-0.4, -0.2) is 12.7 Å². The quantitative estimate of drug-likeness (QED) is 0.517. The monoisotopic (exact) mass is 359 g/mol. The van der Waals surface area contributed by atoms with E-state index in [1.165, 1.54) is 31.4 Å². The van der Waals surface area contributed by atoms with Gasteiger partial charge in [0.1, 0.15) is 6.17 Å². The molecule has 0 aromatic heterocycles. The van der Waals surface area contributed by atoms with Crippen molar-refractivity contribution in [3.63, 3.8) is 0 Å². The Kier molecular flexibility index (Phi) is 8.64. The first-order valence-electron chi connectivity index (χ1n) is 9.23. The first-order chi connectivity index (χ1) is 12.2. The highest BCUT2D eigenvalue weighted by atomic mass is 35.5. The van der Waals surface area contributed by atoms with Crippen LogP contribution in [0.15, 0.2) is 54.4 Å². The topological polar surface area (TPSA) is 50.1 Å². The van der Waals surface area contributed by atoms with Crippen molar-refractivity contribution in [1.29, 1.82) is 0 Å². The van der Waals surface area contributed by atoms with Crippen LogP contribution >= 0.6 is 11.6 Å². The summed E-state index contributed by atoms with van der Waals surface area (Å²) in [6.07, 6.45) is 16.1. The molecule has 3 nitrogen and oxygen atoms in total. The molecular formula is C21H30ClN3. The Balaban J connectivity index is 1.69. The molecule has 2 rings (SSSR count). The van der Waals surface area contributed by atoms with Crippen molar-refractivity contribution in [3.05, 3.63) is 65.0 Å². The third kappa shape index (κ3) is 7.37. The summed E-state index contributed by atoms with van der Waals surface area (Å²) in [5.41, 5.74) is 9.04. The second kappa shape index (κ2) is 11.0. The second-order valence-electron chi connectivity index (χ2n) is 6.49. The van der Waals surface area contributed by atoms with Crippen LogP contribution in [-0.2, 0) is 0 Å². The zero-order valence-corrected chi connectivity index (χ0v) is 15.9. The summed E-state index contributed by atoms with van der Waals surface area (Å²) in [7, 11) is 0. The zero-order valence-electron chi connectivity index (χ0n) is 15.1. The number of nitrogens with two attached hydrogens (primary N) is 1. The zero-order chi connectivity index (χ0) is 17.9. The molecule has 4 N–H and O–H groups in total. The van der Waals surface area contributed by atoms with E-state index in [0.29, 0.717) is 0 Å². The van der Waals surface area contributed by atoms with E-state index in [0.717, 1.165) is 35.5 Å². The summed E-state index contributed by atoms with van der Waals surface area (Å²) in [6.45, 7) is 2.95. The van der Waals surface area contributed by atoms with Gasteiger partial charge in [-0.3, -0.25) is 0 Å². The van der Waals surface area contributed by atoms with E-state index >= 15 is 0 Å². The van der Waals surface area contributed by atoms with Gasteiger partial charge in [0, 0.05) is 16.9 Å². The Bertz CT molecular complexity index is 602. The molecule has 0 saturated carbocycles. The van der Waals surface area contributed by atoms with E-state index < -0.39 is 0 Å². The van der Waals surface area contributed by atoms with Gasteiger partial charge in [-0.25, -0.2) is 0 Å². The van der Waals surface area contributed by atoms with Crippen molar-refractivity contribution in [2.24, 2.45) is 5.73 Å². The van der Waals surface area contributed by atoms with E-state index in [1.807, 2.05) is 30.5 Å². The Morgan fingerprint density at radius 1 is 1.16 bits per heavy atom. The number of hydrogen-bond donors (Lipinski definition) is 3. The maximum atomic E-state index is 5.94. The molecule has 25 heavy (non-hydrogen) atoms. The first-order valence-corrected chi connectivity index (χ1v) is 9.60. The molecule has 0 saturated heterocycles. The highest BCUT2D eigenvalue weighted by molar-refractivity contribution is 6.30. The molecule has 0 aliphatic carbocycles. The van der Waals surface area contributed by atoms with Crippen molar-refractivity contribution in [2.45, 2.75) is 51.6 Å². The van der Waals surface area contributed by atoms with Gasteiger partial charge in [0.25, 0.3) is 0 Å². The van der Waals surface area contributed by atoms with Gasteiger partial charge in [-0.05, 0) is 62.1 Å². The van der Waals surface area contributed by atoms with Crippen LogP contribution in [0.25, 0.3) is 5.57 Å². The van der Waals surface area contributed by atoms with Gasteiger partial charge in [-0.15, -0.1) is 0 Å². The summed E-state index contributed by atoms with van der Waals surface area (Å²) in [6, 6.07) is 7.90. The van der Waals surface area contributed by atoms with Crippen molar-refractivity contribution in [1.82, 2.24) is 10.6 Å². The minimum atomic E-state index is 0.136. The average Bonchev–Trinajstić information content (AvgIpc) is 2.62. The first kappa shape index (κ1) is 19.6. The number of benzene rings is 1. The van der Waals surface area contributed by atoms with Crippen molar-refractivity contribution in [2.75, 3.05) is 6.54 Å². The lowest BCUT2D eigenvalue weighted by molar-refractivity contribution is 0.600. The molecule has 1 aromatic rings. The smallest absolute Gasteiger partial charge is 0.116 e. The molecule has 1 aromatic carbocycles. The Hall–Kier alpha value is -1.71. The fourth-order valence-electron chi connectivity index (χ4n) is 2.84. The van der Waals surface area contributed by atoms with Crippen molar-refractivity contribution >= 4 is 17.2 Å². The van der Waals surface area contributed by atoms with Crippen LogP contribution in [0.4, 0.5) is 0 Å². The molecule has 1 unspecified atom stereocenters. The van der Waals surface area contributed by atoms with Crippen LogP contribution in [0.3, 0.4) is 0 Å². The summed E-state index contributed by atoms with van der Waals surface area (Å²) in [5.74, 6) is 0. The maximum Gasteiger partial charge on any atom is 0.116 e.